The van der Waals surface area contributed by atoms with Gasteiger partial charge in [0.1, 0.15) is 11.9 Å². The van der Waals surface area contributed by atoms with E-state index in [-0.39, 0.29) is 42.0 Å². The number of nitrogens with zero attached hydrogens (tertiary/aromatic N) is 3. The van der Waals surface area contributed by atoms with E-state index in [1.54, 1.807) is 7.05 Å². The number of hydrogen-bond acceptors (Lipinski definition) is 4. The van der Waals surface area contributed by atoms with Crippen LogP contribution < -0.4 is 15.4 Å². The SMILES string of the molecule is CN=C(NCC(C)Oc1ccccc1)N1CCN(CC(=O)NC(C)C)CC1.I. The van der Waals surface area contributed by atoms with Crippen LogP contribution in [0.25, 0.3) is 0 Å². The number of amides is 1. The molecule has 1 saturated heterocycles. The molecule has 1 aromatic rings. The quantitative estimate of drug-likeness (QED) is 0.338. The lowest BCUT2D eigenvalue weighted by atomic mass is 10.3. The van der Waals surface area contributed by atoms with Crippen LogP contribution in [0.3, 0.4) is 0 Å². The topological polar surface area (TPSA) is 69.2 Å². The Morgan fingerprint density at radius 1 is 1.14 bits per heavy atom. The van der Waals surface area contributed by atoms with Crippen molar-refractivity contribution in [2.24, 2.45) is 4.99 Å². The minimum absolute atomic E-state index is 0. The molecule has 0 spiro atoms. The Morgan fingerprint density at radius 3 is 2.36 bits per heavy atom. The minimum atomic E-state index is 0. The number of guanidine groups is 1. The van der Waals surface area contributed by atoms with Crippen LogP contribution in [0.5, 0.6) is 5.75 Å². The minimum Gasteiger partial charge on any atom is -0.489 e. The molecule has 28 heavy (non-hydrogen) atoms. The van der Waals surface area contributed by atoms with Crippen molar-refractivity contribution in [1.29, 1.82) is 0 Å². The van der Waals surface area contributed by atoms with Gasteiger partial charge < -0.3 is 20.3 Å². The molecule has 2 N–H and O–H groups in total. The number of benzene rings is 1. The zero-order chi connectivity index (χ0) is 19.6. The summed E-state index contributed by atoms with van der Waals surface area (Å²) in [6, 6.07) is 10.0. The highest BCUT2D eigenvalue weighted by atomic mass is 127. The Labute approximate surface area is 185 Å². The van der Waals surface area contributed by atoms with E-state index in [1.165, 1.54) is 0 Å². The van der Waals surface area contributed by atoms with Gasteiger partial charge in [0.25, 0.3) is 0 Å². The summed E-state index contributed by atoms with van der Waals surface area (Å²) in [6.07, 6.45) is 0.0326. The normalized spacial score (nSPS) is 16.3. The van der Waals surface area contributed by atoms with Crippen molar-refractivity contribution in [3.05, 3.63) is 30.3 Å². The summed E-state index contributed by atoms with van der Waals surface area (Å²) in [6.45, 7) is 10.5. The molecular formula is C20H34IN5O2. The summed E-state index contributed by atoms with van der Waals surface area (Å²) >= 11 is 0. The molecular weight excluding hydrogens is 469 g/mol. The summed E-state index contributed by atoms with van der Waals surface area (Å²) in [5, 5.41) is 6.34. The van der Waals surface area contributed by atoms with Gasteiger partial charge in [0.15, 0.2) is 5.96 Å². The van der Waals surface area contributed by atoms with Gasteiger partial charge in [-0.05, 0) is 32.9 Å². The third-order valence-corrected chi connectivity index (χ3v) is 4.33. The first kappa shape index (κ1) is 24.5. The van der Waals surface area contributed by atoms with Crippen LogP contribution in [0.2, 0.25) is 0 Å². The van der Waals surface area contributed by atoms with Crippen molar-refractivity contribution in [1.82, 2.24) is 20.4 Å². The van der Waals surface area contributed by atoms with Gasteiger partial charge in [-0.2, -0.15) is 0 Å². The first-order chi connectivity index (χ1) is 13.0. The fourth-order valence-corrected chi connectivity index (χ4v) is 3.03. The van der Waals surface area contributed by atoms with Gasteiger partial charge in [-0.25, -0.2) is 0 Å². The van der Waals surface area contributed by atoms with Crippen molar-refractivity contribution in [2.45, 2.75) is 32.9 Å². The van der Waals surface area contributed by atoms with E-state index in [2.05, 4.69) is 25.4 Å². The lowest BCUT2D eigenvalue weighted by molar-refractivity contribution is -0.123. The summed E-state index contributed by atoms with van der Waals surface area (Å²) in [5.74, 6) is 1.84. The van der Waals surface area contributed by atoms with Crippen molar-refractivity contribution < 1.29 is 9.53 Å². The summed E-state index contributed by atoms with van der Waals surface area (Å²) < 4.78 is 5.90. The number of rotatable bonds is 7. The Bertz CT molecular complexity index is 604. The molecule has 1 heterocycles. The number of piperazine rings is 1. The average molecular weight is 503 g/mol. The number of aliphatic imine (C=N–C) groups is 1. The summed E-state index contributed by atoms with van der Waals surface area (Å²) in [5.41, 5.74) is 0. The third-order valence-electron chi connectivity index (χ3n) is 4.33. The molecule has 8 heteroatoms. The van der Waals surface area contributed by atoms with Crippen LogP contribution in [-0.2, 0) is 4.79 Å². The summed E-state index contributed by atoms with van der Waals surface area (Å²) in [4.78, 5) is 20.7. The Balaban J connectivity index is 0.00000392. The highest BCUT2D eigenvalue weighted by Crippen LogP contribution is 2.10. The molecule has 2 rings (SSSR count). The third kappa shape index (κ3) is 8.64. The van der Waals surface area contributed by atoms with E-state index in [1.807, 2.05) is 51.1 Å². The fraction of sp³-hybridized carbons (Fsp3) is 0.600. The number of halogens is 1. The molecule has 0 bridgehead atoms. The number of carbonyl (C=O) groups is 1. The maximum absolute atomic E-state index is 11.9. The number of carbonyl (C=O) groups excluding carboxylic acids is 1. The predicted molar refractivity (Wildman–Crippen MR) is 125 cm³/mol. The Hall–Kier alpha value is -1.55. The largest absolute Gasteiger partial charge is 0.489 e. The van der Waals surface area contributed by atoms with Gasteiger partial charge in [0.05, 0.1) is 13.1 Å². The first-order valence-electron chi connectivity index (χ1n) is 9.67. The lowest BCUT2D eigenvalue weighted by Crippen LogP contribution is -2.55. The smallest absolute Gasteiger partial charge is 0.234 e. The van der Waals surface area contributed by atoms with Crippen LogP contribution in [-0.4, -0.2) is 80.1 Å². The van der Waals surface area contributed by atoms with Crippen LogP contribution in [0, 0.1) is 0 Å². The second kappa shape index (κ2) is 12.8. The Morgan fingerprint density at radius 2 is 1.79 bits per heavy atom. The van der Waals surface area contributed by atoms with Crippen molar-refractivity contribution in [2.75, 3.05) is 46.3 Å². The fourth-order valence-electron chi connectivity index (χ4n) is 3.03. The van der Waals surface area contributed by atoms with E-state index in [4.69, 9.17) is 4.74 Å². The molecule has 1 aromatic carbocycles. The van der Waals surface area contributed by atoms with E-state index in [9.17, 15) is 4.79 Å². The molecule has 7 nitrogen and oxygen atoms in total. The average Bonchev–Trinajstić information content (AvgIpc) is 2.63. The Kier molecular flexibility index (Phi) is 11.2. The van der Waals surface area contributed by atoms with Crippen LogP contribution in [0.4, 0.5) is 0 Å². The zero-order valence-corrected chi connectivity index (χ0v) is 19.7. The van der Waals surface area contributed by atoms with E-state index >= 15 is 0 Å². The summed E-state index contributed by atoms with van der Waals surface area (Å²) in [7, 11) is 1.80. The van der Waals surface area contributed by atoms with Crippen molar-refractivity contribution in [3.8, 4) is 5.75 Å². The standard InChI is InChI=1S/C20H33N5O2.HI/c1-16(2)23-19(26)15-24-10-12-25(13-11-24)20(21-4)22-14-17(3)27-18-8-6-5-7-9-18;/h5-9,16-17H,10-15H2,1-4H3,(H,21,22)(H,23,26);1H. The van der Waals surface area contributed by atoms with Gasteiger partial charge in [0, 0.05) is 39.3 Å². The molecule has 1 fully saturated rings. The van der Waals surface area contributed by atoms with Crippen LogP contribution in [0.15, 0.2) is 35.3 Å². The second-order valence-electron chi connectivity index (χ2n) is 7.16. The zero-order valence-electron chi connectivity index (χ0n) is 17.4. The number of para-hydroxylation sites is 1. The van der Waals surface area contributed by atoms with Gasteiger partial charge in [0.2, 0.25) is 5.91 Å². The number of nitrogens with one attached hydrogen (secondary N) is 2. The predicted octanol–water partition coefficient (Wildman–Crippen LogP) is 1.79. The van der Waals surface area contributed by atoms with Crippen LogP contribution >= 0.6 is 24.0 Å². The van der Waals surface area contributed by atoms with E-state index < -0.39 is 0 Å². The molecule has 1 unspecified atom stereocenters. The highest BCUT2D eigenvalue weighted by molar-refractivity contribution is 14.0. The molecule has 0 aliphatic carbocycles. The number of hydrogen-bond donors (Lipinski definition) is 2. The van der Waals surface area contributed by atoms with Crippen molar-refractivity contribution >= 4 is 35.8 Å². The molecule has 0 aromatic heterocycles. The van der Waals surface area contributed by atoms with Gasteiger partial charge in [-0.1, -0.05) is 18.2 Å². The highest BCUT2D eigenvalue weighted by Gasteiger charge is 2.21. The van der Waals surface area contributed by atoms with Gasteiger partial charge in [-0.15, -0.1) is 24.0 Å². The van der Waals surface area contributed by atoms with E-state index in [0.29, 0.717) is 13.1 Å². The van der Waals surface area contributed by atoms with Crippen LogP contribution in [0.1, 0.15) is 20.8 Å². The molecule has 0 radical (unpaired) electrons. The monoisotopic (exact) mass is 503 g/mol. The first-order valence-corrected chi connectivity index (χ1v) is 9.67. The van der Waals surface area contributed by atoms with E-state index in [0.717, 1.165) is 37.9 Å². The molecule has 1 atom stereocenters. The lowest BCUT2D eigenvalue weighted by Gasteiger charge is -2.36. The second-order valence-corrected chi connectivity index (χ2v) is 7.16. The van der Waals surface area contributed by atoms with Gasteiger partial charge >= 0.3 is 0 Å². The van der Waals surface area contributed by atoms with Crippen molar-refractivity contribution in [3.63, 3.8) is 0 Å². The molecule has 158 valence electrons. The maximum Gasteiger partial charge on any atom is 0.234 e. The maximum atomic E-state index is 11.9. The molecule has 1 amide bonds. The van der Waals surface area contributed by atoms with Gasteiger partial charge in [-0.3, -0.25) is 14.7 Å². The molecule has 1 aliphatic heterocycles. The number of ether oxygens (including phenoxy) is 1. The molecule has 1 aliphatic rings. The molecule has 0 saturated carbocycles.